The summed E-state index contributed by atoms with van der Waals surface area (Å²) in [6.07, 6.45) is 3.19. The van der Waals surface area contributed by atoms with Crippen molar-refractivity contribution in [2.45, 2.75) is 6.54 Å². The summed E-state index contributed by atoms with van der Waals surface area (Å²) >= 11 is 0. The number of hydrogen-bond donors (Lipinski definition) is 1. The maximum Gasteiger partial charge on any atom is 0.269 e. The largest absolute Gasteiger partial charge is 0.347 e. The van der Waals surface area contributed by atoms with Crippen molar-refractivity contribution in [2.24, 2.45) is 0 Å². The second-order valence-electron chi connectivity index (χ2n) is 7.36. The molecule has 8 heteroatoms. The summed E-state index contributed by atoms with van der Waals surface area (Å²) in [4.78, 5) is 23.2. The number of nitro benzene ring substituents is 1. The minimum atomic E-state index is -0.506. The summed E-state index contributed by atoms with van der Waals surface area (Å²) in [6, 6.07) is 26.7. The zero-order valence-corrected chi connectivity index (χ0v) is 18.0. The van der Waals surface area contributed by atoms with Crippen molar-refractivity contribution in [3.63, 3.8) is 0 Å². The number of nitrogens with zero attached hydrogens (tertiary/aromatic N) is 4. The van der Waals surface area contributed by atoms with E-state index in [1.165, 1.54) is 18.2 Å². The van der Waals surface area contributed by atoms with E-state index in [0.29, 0.717) is 16.8 Å². The maximum absolute atomic E-state index is 12.7. The molecule has 0 spiro atoms. The minimum absolute atomic E-state index is 0.0404. The number of carbonyl (C=O) groups excluding carboxylic acids is 1. The molecule has 0 aliphatic heterocycles. The van der Waals surface area contributed by atoms with Gasteiger partial charge in [-0.3, -0.25) is 14.9 Å². The third-order valence-electron chi connectivity index (χ3n) is 5.08. The summed E-state index contributed by atoms with van der Waals surface area (Å²) < 4.78 is 1.64. The molecule has 8 nitrogen and oxygen atoms in total. The van der Waals surface area contributed by atoms with Gasteiger partial charge in [-0.15, -0.1) is 0 Å². The second-order valence-corrected chi connectivity index (χ2v) is 7.36. The summed E-state index contributed by atoms with van der Waals surface area (Å²) in [5.41, 5.74) is 3.22. The van der Waals surface area contributed by atoms with E-state index in [4.69, 9.17) is 0 Å². The zero-order chi connectivity index (χ0) is 23.9. The van der Waals surface area contributed by atoms with Crippen molar-refractivity contribution in [3.05, 3.63) is 118 Å². The van der Waals surface area contributed by atoms with Gasteiger partial charge in [0.1, 0.15) is 17.3 Å². The highest BCUT2D eigenvalue weighted by Crippen LogP contribution is 2.27. The van der Waals surface area contributed by atoms with Gasteiger partial charge in [-0.25, -0.2) is 4.68 Å². The number of nitrogens with one attached hydrogen (secondary N) is 1. The molecule has 4 rings (SSSR count). The monoisotopic (exact) mass is 449 g/mol. The van der Waals surface area contributed by atoms with Crippen LogP contribution in [0.4, 0.5) is 5.69 Å². The molecular formula is C26H19N5O3. The lowest BCUT2D eigenvalue weighted by atomic mass is 10.1. The van der Waals surface area contributed by atoms with Crippen LogP contribution in [0.25, 0.3) is 23.0 Å². The number of para-hydroxylation sites is 1. The average molecular weight is 449 g/mol. The Balaban J connectivity index is 1.70. The van der Waals surface area contributed by atoms with Crippen molar-refractivity contribution < 1.29 is 9.72 Å². The van der Waals surface area contributed by atoms with E-state index in [-0.39, 0.29) is 17.8 Å². The first kappa shape index (κ1) is 22.2. The Morgan fingerprint density at radius 3 is 2.29 bits per heavy atom. The van der Waals surface area contributed by atoms with Crippen LogP contribution in [0.2, 0.25) is 0 Å². The Morgan fingerprint density at radius 2 is 1.68 bits per heavy atom. The van der Waals surface area contributed by atoms with Crippen LogP contribution in [0.15, 0.2) is 96.7 Å². The number of non-ortho nitro benzene ring substituents is 1. The van der Waals surface area contributed by atoms with E-state index in [2.05, 4.69) is 10.4 Å². The van der Waals surface area contributed by atoms with Gasteiger partial charge in [-0.2, -0.15) is 10.4 Å². The molecule has 1 heterocycles. The molecule has 3 aromatic carbocycles. The topological polar surface area (TPSA) is 114 Å². The van der Waals surface area contributed by atoms with E-state index in [9.17, 15) is 20.2 Å². The molecule has 0 saturated carbocycles. The Kier molecular flexibility index (Phi) is 6.56. The maximum atomic E-state index is 12.7. The summed E-state index contributed by atoms with van der Waals surface area (Å²) in [6.45, 7) is 0.289. The standard InChI is InChI=1S/C26H19N5O3/c27-16-21(26(32)28-17-19-7-3-1-4-8-19)15-22-18-30(23-9-5-2-6-10-23)29-25(22)20-11-13-24(14-12-20)31(33)34/h1-15,18H,17H2,(H,28,32)/b21-15-. The van der Waals surface area contributed by atoms with Gasteiger partial charge in [0.15, 0.2) is 0 Å². The number of rotatable bonds is 7. The minimum Gasteiger partial charge on any atom is -0.347 e. The van der Waals surface area contributed by atoms with Crippen molar-refractivity contribution >= 4 is 17.7 Å². The first-order valence-electron chi connectivity index (χ1n) is 10.4. The first-order chi connectivity index (χ1) is 16.5. The SMILES string of the molecule is N#C/C(=C/c1cn(-c2ccccc2)nc1-c1ccc([N+](=O)[O-])cc1)C(=O)NCc1ccccc1. The van der Waals surface area contributed by atoms with Gasteiger partial charge in [0, 0.05) is 36.0 Å². The Hall–Kier alpha value is -5.03. The lowest BCUT2D eigenvalue weighted by Crippen LogP contribution is -2.23. The van der Waals surface area contributed by atoms with Crippen LogP contribution in [0.5, 0.6) is 0 Å². The van der Waals surface area contributed by atoms with Crippen LogP contribution in [-0.4, -0.2) is 20.6 Å². The first-order valence-corrected chi connectivity index (χ1v) is 10.4. The van der Waals surface area contributed by atoms with Crippen LogP contribution in [-0.2, 0) is 11.3 Å². The zero-order valence-electron chi connectivity index (χ0n) is 18.0. The predicted molar refractivity (Wildman–Crippen MR) is 128 cm³/mol. The Bertz CT molecular complexity index is 1390. The Labute approximate surface area is 195 Å². The van der Waals surface area contributed by atoms with E-state index in [1.807, 2.05) is 66.7 Å². The highest BCUT2D eigenvalue weighted by molar-refractivity contribution is 6.02. The number of nitro groups is 1. The average Bonchev–Trinajstić information content (AvgIpc) is 3.31. The van der Waals surface area contributed by atoms with E-state index < -0.39 is 10.8 Å². The van der Waals surface area contributed by atoms with Gasteiger partial charge in [0.2, 0.25) is 0 Å². The molecule has 0 fully saturated rings. The van der Waals surface area contributed by atoms with Crippen molar-refractivity contribution in [1.29, 1.82) is 5.26 Å². The molecule has 0 aliphatic carbocycles. The van der Waals surface area contributed by atoms with Crippen molar-refractivity contribution in [3.8, 4) is 23.0 Å². The number of nitriles is 1. The van der Waals surface area contributed by atoms with Crippen LogP contribution in [0.1, 0.15) is 11.1 Å². The fraction of sp³-hybridized carbons (Fsp3) is 0.0385. The van der Waals surface area contributed by atoms with Gasteiger partial charge in [0.05, 0.1) is 10.6 Å². The number of aromatic nitrogens is 2. The van der Waals surface area contributed by atoms with Crippen molar-refractivity contribution in [1.82, 2.24) is 15.1 Å². The summed E-state index contributed by atoms with van der Waals surface area (Å²) in [5, 5.41) is 28.1. The molecule has 1 amide bonds. The van der Waals surface area contributed by atoms with Crippen LogP contribution in [0, 0.1) is 21.4 Å². The third-order valence-corrected chi connectivity index (χ3v) is 5.08. The number of benzene rings is 3. The molecular weight excluding hydrogens is 430 g/mol. The highest BCUT2D eigenvalue weighted by atomic mass is 16.6. The lowest BCUT2D eigenvalue weighted by molar-refractivity contribution is -0.384. The molecule has 0 radical (unpaired) electrons. The number of carbonyl (C=O) groups is 1. The fourth-order valence-corrected chi connectivity index (χ4v) is 3.35. The quantitative estimate of drug-likeness (QED) is 0.191. The van der Waals surface area contributed by atoms with Gasteiger partial charge >= 0.3 is 0 Å². The van der Waals surface area contributed by atoms with Gasteiger partial charge in [-0.05, 0) is 35.9 Å². The molecule has 1 N–H and O–H groups in total. The normalized spacial score (nSPS) is 11.0. The third kappa shape index (κ3) is 5.06. The smallest absolute Gasteiger partial charge is 0.269 e. The number of amides is 1. The molecule has 0 bridgehead atoms. The molecule has 0 saturated heterocycles. The molecule has 1 aromatic heterocycles. The molecule has 166 valence electrons. The molecule has 0 aliphatic rings. The second kappa shape index (κ2) is 10.1. The van der Waals surface area contributed by atoms with Gasteiger partial charge in [0.25, 0.3) is 11.6 Å². The molecule has 34 heavy (non-hydrogen) atoms. The van der Waals surface area contributed by atoms with E-state index in [1.54, 1.807) is 23.0 Å². The van der Waals surface area contributed by atoms with Crippen LogP contribution >= 0.6 is 0 Å². The van der Waals surface area contributed by atoms with Gasteiger partial charge < -0.3 is 5.32 Å². The summed E-state index contributed by atoms with van der Waals surface area (Å²) in [7, 11) is 0. The Morgan fingerprint density at radius 1 is 1.03 bits per heavy atom. The van der Waals surface area contributed by atoms with Crippen LogP contribution < -0.4 is 5.32 Å². The predicted octanol–water partition coefficient (Wildman–Crippen LogP) is 4.67. The van der Waals surface area contributed by atoms with E-state index in [0.717, 1.165) is 11.3 Å². The fourth-order valence-electron chi connectivity index (χ4n) is 3.35. The lowest BCUT2D eigenvalue weighted by Gasteiger charge is -2.04. The molecule has 4 aromatic rings. The van der Waals surface area contributed by atoms with E-state index >= 15 is 0 Å². The molecule has 0 atom stereocenters. The number of hydrogen-bond acceptors (Lipinski definition) is 5. The van der Waals surface area contributed by atoms with Crippen LogP contribution in [0.3, 0.4) is 0 Å². The molecule has 0 unspecified atom stereocenters. The van der Waals surface area contributed by atoms with Gasteiger partial charge in [-0.1, -0.05) is 48.5 Å². The summed E-state index contributed by atoms with van der Waals surface area (Å²) in [5.74, 6) is -0.506. The van der Waals surface area contributed by atoms with Crippen molar-refractivity contribution in [2.75, 3.05) is 0 Å². The highest BCUT2D eigenvalue weighted by Gasteiger charge is 2.16.